The fourth-order valence-electron chi connectivity index (χ4n) is 4.11. The van der Waals surface area contributed by atoms with Crippen molar-refractivity contribution in [2.75, 3.05) is 19.6 Å². The summed E-state index contributed by atoms with van der Waals surface area (Å²) in [7, 11) is 0. The maximum absolute atomic E-state index is 13.7. The first-order valence-corrected chi connectivity index (χ1v) is 10.4. The zero-order valence-corrected chi connectivity index (χ0v) is 17.1. The van der Waals surface area contributed by atoms with Crippen LogP contribution in [-0.2, 0) is 4.79 Å². The molecule has 2 heterocycles. The molecule has 4 rings (SSSR count). The van der Waals surface area contributed by atoms with E-state index >= 15 is 0 Å². The number of hydrogen-bond acceptors (Lipinski definition) is 3. The molecule has 1 saturated heterocycles. The van der Waals surface area contributed by atoms with Gasteiger partial charge in [0.05, 0.1) is 18.3 Å². The Hall–Kier alpha value is -2.53. The zero-order chi connectivity index (χ0) is 20.4. The number of likely N-dealkylation sites (tertiary alicyclic amines) is 1. The third kappa shape index (κ3) is 4.56. The normalized spacial score (nSPS) is 20.7. The average molecular weight is 394 g/mol. The van der Waals surface area contributed by atoms with Crippen molar-refractivity contribution in [1.29, 1.82) is 0 Å². The lowest BCUT2D eigenvalue weighted by atomic mass is 9.97. The molecule has 0 N–H and O–H groups in total. The largest absolute Gasteiger partial charge is 0.294 e. The Bertz CT molecular complexity index is 901. The Morgan fingerprint density at radius 3 is 2.55 bits per heavy atom. The standard InChI is InChI=1S/C24H28FN3O/c1-17-6-8-19(9-7-17)23-15-22(20-4-3-5-21(25)14-20)26-28(23)24(29)16-27-12-10-18(2)11-13-27/h3-9,14,18,23H,10-13,15-16H2,1-2H3. The van der Waals surface area contributed by atoms with Gasteiger partial charge in [-0.2, -0.15) is 5.10 Å². The van der Waals surface area contributed by atoms with Crippen LogP contribution in [0.5, 0.6) is 0 Å². The maximum Gasteiger partial charge on any atom is 0.257 e. The number of amides is 1. The van der Waals surface area contributed by atoms with Crippen LogP contribution < -0.4 is 0 Å². The van der Waals surface area contributed by atoms with Crippen molar-refractivity contribution < 1.29 is 9.18 Å². The molecule has 0 radical (unpaired) electrons. The van der Waals surface area contributed by atoms with E-state index in [0.29, 0.717) is 13.0 Å². The smallest absolute Gasteiger partial charge is 0.257 e. The molecule has 1 fully saturated rings. The Balaban J connectivity index is 1.58. The molecular formula is C24H28FN3O. The van der Waals surface area contributed by atoms with E-state index < -0.39 is 0 Å². The second-order valence-electron chi connectivity index (χ2n) is 8.38. The summed E-state index contributed by atoms with van der Waals surface area (Å²) in [5.74, 6) is 0.451. The van der Waals surface area contributed by atoms with Crippen LogP contribution in [0.15, 0.2) is 53.6 Å². The predicted octanol–water partition coefficient (Wildman–Crippen LogP) is 4.54. The number of piperidine rings is 1. The molecule has 2 aromatic carbocycles. The van der Waals surface area contributed by atoms with Crippen molar-refractivity contribution in [2.45, 2.75) is 39.2 Å². The second-order valence-corrected chi connectivity index (χ2v) is 8.38. The summed E-state index contributed by atoms with van der Waals surface area (Å²) < 4.78 is 13.7. The molecule has 0 aliphatic carbocycles. The molecule has 2 aliphatic rings. The lowest BCUT2D eigenvalue weighted by Gasteiger charge is -2.31. The van der Waals surface area contributed by atoms with E-state index in [1.165, 1.54) is 17.7 Å². The van der Waals surface area contributed by atoms with Crippen molar-refractivity contribution >= 4 is 11.6 Å². The molecule has 4 nitrogen and oxygen atoms in total. The average Bonchev–Trinajstić information content (AvgIpc) is 3.16. The number of hydrogen-bond donors (Lipinski definition) is 0. The molecule has 1 amide bonds. The third-order valence-electron chi connectivity index (χ3n) is 6.02. The minimum Gasteiger partial charge on any atom is -0.294 e. The van der Waals surface area contributed by atoms with Gasteiger partial charge in [-0.25, -0.2) is 9.40 Å². The number of carbonyl (C=O) groups excluding carboxylic acids is 1. The van der Waals surface area contributed by atoms with E-state index in [0.717, 1.165) is 48.7 Å². The van der Waals surface area contributed by atoms with Gasteiger partial charge >= 0.3 is 0 Å². The van der Waals surface area contributed by atoms with E-state index in [1.54, 1.807) is 11.1 Å². The maximum atomic E-state index is 13.7. The molecule has 0 bridgehead atoms. The van der Waals surface area contributed by atoms with Gasteiger partial charge in [-0.05, 0) is 56.5 Å². The van der Waals surface area contributed by atoms with Gasteiger partial charge in [-0.3, -0.25) is 9.69 Å². The summed E-state index contributed by atoms with van der Waals surface area (Å²) in [6.07, 6.45) is 2.86. The summed E-state index contributed by atoms with van der Waals surface area (Å²) in [6.45, 7) is 6.61. The van der Waals surface area contributed by atoms with Gasteiger partial charge in [0.2, 0.25) is 0 Å². The first-order valence-electron chi connectivity index (χ1n) is 10.4. The molecule has 0 saturated carbocycles. The number of carbonyl (C=O) groups is 1. The van der Waals surface area contributed by atoms with Crippen LogP contribution in [0.1, 0.15) is 48.9 Å². The van der Waals surface area contributed by atoms with Crippen LogP contribution in [0.4, 0.5) is 4.39 Å². The van der Waals surface area contributed by atoms with Crippen molar-refractivity contribution in [3.8, 4) is 0 Å². The summed E-state index contributed by atoms with van der Waals surface area (Å²) in [4.78, 5) is 15.4. The SMILES string of the molecule is Cc1ccc(C2CC(c3cccc(F)c3)=NN2C(=O)CN2CCC(C)CC2)cc1. The molecule has 2 aromatic rings. The van der Waals surface area contributed by atoms with Crippen molar-refractivity contribution in [3.05, 3.63) is 71.0 Å². The highest BCUT2D eigenvalue weighted by Crippen LogP contribution is 2.33. The quantitative estimate of drug-likeness (QED) is 0.764. The van der Waals surface area contributed by atoms with Crippen LogP contribution >= 0.6 is 0 Å². The van der Waals surface area contributed by atoms with Crippen LogP contribution in [-0.4, -0.2) is 41.2 Å². The van der Waals surface area contributed by atoms with Gasteiger partial charge < -0.3 is 0 Å². The number of aryl methyl sites for hydroxylation is 1. The van der Waals surface area contributed by atoms with E-state index in [2.05, 4.69) is 41.2 Å². The van der Waals surface area contributed by atoms with Gasteiger partial charge in [0.25, 0.3) is 5.91 Å². The minimum atomic E-state index is -0.288. The van der Waals surface area contributed by atoms with Crippen molar-refractivity contribution in [1.82, 2.24) is 9.91 Å². The Morgan fingerprint density at radius 1 is 1.14 bits per heavy atom. The summed E-state index contributed by atoms with van der Waals surface area (Å²) in [5.41, 5.74) is 3.74. The molecule has 5 heteroatoms. The van der Waals surface area contributed by atoms with E-state index in [9.17, 15) is 9.18 Å². The predicted molar refractivity (Wildman–Crippen MR) is 113 cm³/mol. The fraction of sp³-hybridized carbons (Fsp3) is 0.417. The Morgan fingerprint density at radius 2 is 1.86 bits per heavy atom. The summed E-state index contributed by atoms with van der Waals surface area (Å²) in [5, 5.41) is 6.30. The Kier molecular flexibility index (Phi) is 5.76. The van der Waals surface area contributed by atoms with Gasteiger partial charge in [0, 0.05) is 12.0 Å². The number of halogens is 1. The molecule has 2 aliphatic heterocycles. The lowest BCUT2D eigenvalue weighted by molar-refractivity contribution is -0.134. The molecule has 0 aromatic heterocycles. The van der Waals surface area contributed by atoms with Gasteiger partial charge in [0.1, 0.15) is 5.82 Å². The van der Waals surface area contributed by atoms with Crippen LogP contribution in [0, 0.1) is 18.7 Å². The number of hydrazone groups is 1. The van der Waals surface area contributed by atoms with Gasteiger partial charge in [-0.15, -0.1) is 0 Å². The summed E-state index contributed by atoms with van der Waals surface area (Å²) in [6, 6.07) is 14.6. The van der Waals surface area contributed by atoms with Crippen LogP contribution in [0.3, 0.4) is 0 Å². The van der Waals surface area contributed by atoms with Crippen LogP contribution in [0.25, 0.3) is 0 Å². The van der Waals surface area contributed by atoms with Gasteiger partial charge in [0.15, 0.2) is 0 Å². The second kappa shape index (κ2) is 8.46. The van der Waals surface area contributed by atoms with E-state index in [4.69, 9.17) is 0 Å². The Labute approximate surface area is 172 Å². The number of rotatable bonds is 4. The van der Waals surface area contributed by atoms with E-state index in [-0.39, 0.29) is 17.8 Å². The fourth-order valence-corrected chi connectivity index (χ4v) is 4.11. The number of nitrogens with zero attached hydrogens (tertiary/aromatic N) is 3. The molecule has 1 atom stereocenters. The van der Waals surface area contributed by atoms with Crippen molar-refractivity contribution in [3.63, 3.8) is 0 Å². The number of benzene rings is 2. The third-order valence-corrected chi connectivity index (χ3v) is 6.02. The molecule has 1 unspecified atom stereocenters. The lowest BCUT2D eigenvalue weighted by Crippen LogP contribution is -2.41. The highest BCUT2D eigenvalue weighted by molar-refractivity contribution is 6.03. The topological polar surface area (TPSA) is 35.9 Å². The minimum absolute atomic E-state index is 0.0107. The van der Waals surface area contributed by atoms with Crippen molar-refractivity contribution in [2.24, 2.45) is 11.0 Å². The molecule has 29 heavy (non-hydrogen) atoms. The van der Waals surface area contributed by atoms with Gasteiger partial charge in [-0.1, -0.05) is 48.9 Å². The monoisotopic (exact) mass is 393 g/mol. The van der Waals surface area contributed by atoms with Crippen LogP contribution in [0.2, 0.25) is 0 Å². The first-order chi connectivity index (χ1) is 14.0. The molecule has 0 spiro atoms. The molecule has 152 valence electrons. The summed E-state index contributed by atoms with van der Waals surface area (Å²) >= 11 is 0. The molecular weight excluding hydrogens is 365 g/mol. The highest BCUT2D eigenvalue weighted by Gasteiger charge is 2.34. The first kappa shape index (κ1) is 19.8. The zero-order valence-electron chi connectivity index (χ0n) is 17.1. The van der Waals surface area contributed by atoms with E-state index in [1.807, 2.05) is 13.0 Å². The highest BCUT2D eigenvalue weighted by atomic mass is 19.1.